The number of benzene rings is 1. The minimum Gasteiger partial charge on any atom is -0.370 e. The van der Waals surface area contributed by atoms with Crippen LogP contribution in [0.5, 0.6) is 0 Å². The second-order valence-corrected chi connectivity index (χ2v) is 2.94. The topological polar surface area (TPSA) is 50.4 Å². The van der Waals surface area contributed by atoms with Crippen molar-refractivity contribution < 1.29 is 4.39 Å². The van der Waals surface area contributed by atoms with Crippen molar-refractivity contribution in [2.45, 2.75) is 6.04 Å². The van der Waals surface area contributed by atoms with Gasteiger partial charge in [-0.2, -0.15) is 0 Å². The summed E-state index contributed by atoms with van der Waals surface area (Å²) in [7, 11) is 0. The maximum absolute atomic E-state index is 13.2. The second kappa shape index (κ2) is 3.05. The molecule has 0 spiro atoms. The van der Waals surface area contributed by atoms with E-state index in [1.807, 2.05) is 0 Å². The maximum atomic E-state index is 13.2. The van der Waals surface area contributed by atoms with Gasteiger partial charge in [-0.3, -0.25) is 4.99 Å². The summed E-state index contributed by atoms with van der Waals surface area (Å²) >= 11 is 0. The van der Waals surface area contributed by atoms with Crippen molar-refractivity contribution >= 4 is 5.96 Å². The molecule has 1 aromatic rings. The van der Waals surface area contributed by atoms with Crippen LogP contribution in [0.25, 0.3) is 0 Å². The highest BCUT2D eigenvalue weighted by Gasteiger charge is 2.19. The second-order valence-electron chi connectivity index (χ2n) is 2.94. The van der Waals surface area contributed by atoms with Crippen LogP contribution in [-0.2, 0) is 0 Å². The summed E-state index contributed by atoms with van der Waals surface area (Å²) in [6.07, 6.45) is 0. The summed E-state index contributed by atoms with van der Waals surface area (Å²) in [4.78, 5) is 3.95. The van der Waals surface area contributed by atoms with Gasteiger partial charge in [0.2, 0.25) is 0 Å². The molecule has 3 nitrogen and oxygen atoms in total. The molecule has 0 saturated heterocycles. The van der Waals surface area contributed by atoms with Gasteiger partial charge in [0.1, 0.15) is 5.82 Å². The molecule has 0 amide bonds. The van der Waals surface area contributed by atoms with Crippen molar-refractivity contribution in [3.05, 3.63) is 35.6 Å². The van der Waals surface area contributed by atoms with Crippen LogP contribution in [0.3, 0.4) is 0 Å². The van der Waals surface area contributed by atoms with Gasteiger partial charge in [-0.05, 0) is 6.07 Å². The molecular formula is C9H10FN3. The number of guanidine groups is 1. The Morgan fingerprint density at radius 2 is 2.23 bits per heavy atom. The van der Waals surface area contributed by atoms with Crippen LogP contribution in [0.2, 0.25) is 0 Å². The lowest BCUT2D eigenvalue weighted by atomic mass is 10.1. The molecule has 2 rings (SSSR count). The Morgan fingerprint density at radius 1 is 1.46 bits per heavy atom. The van der Waals surface area contributed by atoms with Gasteiger partial charge >= 0.3 is 0 Å². The summed E-state index contributed by atoms with van der Waals surface area (Å²) in [6.45, 7) is 0.507. The average Bonchev–Trinajstić information content (AvgIpc) is 2.53. The Balaban J connectivity index is 2.23. The third-order valence-corrected chi connectivity index (χ3v) is 2.05. The van der Waals surface area contributed by atoms with Crippen LogP contribution in [0, 0.1) is 5.82 Å². The smallest absolute Gasteiger partial charge is 0.189 e. The zero-order chi connectivity index (χ0) is 9.26. The Labute approximate surface area is 75.5 Å². The monoisotopic (exact) mass is 179 g/mol. The molecular weight excluding hydrogens is 169 g/mol. The van der Waals surface area contributed by atoms with Crippen LogP contribution < -0.4 is 11.1 Å². The number of aliphatic imine (C=N–C) groups is 1. The van der Waals surface area contributed by atoms with E-state index in [9.17, 15) is 4.39 Å². The summed E-state index contributed by atoms with van der Waals surface area (Å²) in [5, 5.41) is 2.90. The summed E-state index contributed by atoms with van der Waals surface area (Å²) in [5.41, 5.74) is 6.05. The summed E-state index contributed by atoms with van der Waals surface area (Å²) < 4.78 is 13.2. The van der Waals surface area contributed by atoms with Gasteiger partial charge in [-0.25, -0.2) is 4.39 Å². The minimum absolute atomic E-state index is 0.110. The molecule has 4 heteroatoms. The van der Waals surface area contributed by atoms with Crippen LogP contribution in [-0.4, -0.2) is 12.5 Å². The van der Waals surface area contributed by atoms with Crippen molar-refractivity contribution in [3.63, 3.8) is 0 Å². The van der Waals surface area contributed by atoms with Gasteiger partial charge in [0.05, 0.1) is 12.6 Å². The molecule has 3 N–H and O–H groups in total. The first-order chi connectivity index (χ1) is 6.27. The first kappa shape index (κ1) is 8.04. The number of nitrogens with zero attached hydrogens (tertiary/aromatic N) is 1. The van der Waals surface area contributed by atoms with E-state index in [1.54, 1.807) is 18.2 Å². The molecule has 1 atom stereocenters. The first-order valence-electron chi connectivity index (χ1n) is 4.08. The molecule has 1 aromatic carbocycles. The molecule has 0 saturated carbocycles. The molecule has 1 unspecified atom stereocenters. The molecule has 0 radical (unpaired) electrons. The fourth-order valence-electron chi connectivity index (χ4n) is 1.39. The Hall–Kier alpha value is -1.58. The molecule has 0 fully saturated rings. The van der Waals surface area contributed by atoms with Crippen LogP contribution >= 0.6 is 0 Å². The molecule has 1 aliphatic rings. The number of hydrogen-bond acceptors (Lipinski definition) is 3. The molecule has 0 aliphatic carbocycles. The molecule has 68 valence electrons. The van der Waals surface area contributed by atoms with E-state index in [2.05, 4.69) is 10.3 Å². The van der Waals surface area contributed by atoms with E-state index < -0.39 is 0 Å². The van der Waals surface area contributed by atoms with Crippen molar-refractivity contribution in [2.24, 2.45) is 10.7 Å². The summed E-state index contributed by atoms with van der Waals surface area (Å²) in [6, 6.07) is 6.53. The van der Waals surface area contributed by atoms with Crippen molar-refractivity contribution in [2.75, 3.05) is 6.54 Å². The lowest BCUT2D eigenvalue weighted by molar-refractivity contribution is 0.577. The predicted octanol–water partition coefficient (Wildman–Crippen LogP) is 0.785. The first-order valence-corrected chi connectivity index (χ1v) is 4.08. The lowest BCUT2D eigenvalue weighted by Crippen LogP contribution is -2.29. The number of halogens is 1. The van der Waals surface area contributed by atoms with Gasteiger partial charge in [-0.1, -0.05) is 18.2 Å². The fourth-order valence-corrected chi connectivity index (χ4v) is 1.39. The highest BCUT2D eigenvalue weighted by molar-refractivity contribution is 5.80. The highest BCUT2D eigenvalue weighted by atomic mass is 19.1. The van der Waals surface area contributed by atoms with Crippen LogP contribution in [0.1, 0.15) is 11.6 Å². The number of hydrogen-bond donors (Lipinski definition) is 2. The van der Waals surface area contributed by atoms with E-state index in [0.717, 1.165) is 0 Å². The Kier molecular flexibility index (Phi) is 1.88. The van der Waals surface area contributed by atoms with E-state index in [-0.39, 0.29) is 11.9 Å². The van der Waals surface area contributed by atoms with Crippen molar-refractivity contribution in [1.29, 1.82) is 0 Å². The van der Waals surface area contributed by atoms with Gasteiger partial charge in [-0.15, -0.1) is 0 Å². The number of nitrogens with one attached hydrogen (secondary N) is 1. The summed E-state index contributed by atoms with van der Waals surface area (Å²) in [5.74, 6) is 0.165. The Bertz CT molecular complexity index is 348. The van der Waals surface area contributed by atoms with E-state index in [4.69, 9.17) is 5.73 Å². The number of nitrogens with two attached hydrogens (primary N) is 1. The molecule has 13 heavy (non-hydrogen) atoms. The lowest BCUT2D eigenvalue weighted by Gasteiger charge is -2.11. The SMILES string of the molecule is NC1=NCC(c2ccccc2F)N1. The average molecular weight is 179 g/mol. The zero-order valence-corrected chi connectivity index (χ0v) is 7.00. The van der Waals surface area contributed by atoms with Gasteiger partial charge in [0.15, 0.2) is 5.96 Å². The normalized spacial score (nSPS) is 21.0. The van der Waals surface area contributed by atoms with E-state index >= 15 is 0 Å². The zero-order valence-electron chi connectivity index (χ0n) is 7.00. The largest absolute Gasteiger partial charge is 0.370 e. The predicted molar refractivity (Wildman–Crippen MR) is 48.8 cm³/mol. The van der Waals surface area contributed by atoms with Gasteiger partial charge in [0.25, 0.3) is 0 Å². The molecule has 0 aromatic heterocycles. The van der Waals surface area contributed by atoms with Crippen molar-refractivity contribution in [3.8, 4) is 0 Å². The van der Waals surface area contributed by atoms with Crippen molar-refractivity contribution in [1.82, 2.24) is 5.32 Å². The van der Waals surface area contributed by atoms with Gasteiger partial charge in [0, 0.05) is 5.56 Å². The van der Waals surface area contributed by atoms with Gasteiger partial charge < -0.3 is 11.1 Å². The third-order valence-electron chi connectivity index (χ3n) is 2.05. The third kappa shape index (κ3) is 1.47. The minimum atomic E-state index is -0.218. The molecule has 0 bridgehead atoms. The maximum Gasteiger partial charge on any atom is 0.189 e. The highest BCUT2D eigenvalue weighted by Crippen LogP contribution is 2.19. The van der Waals surface area contributed by atoms with Crippen LogP contribution in [0.15, 0.2) is 29.3 Å². The number of rotatable bonds is 1. The standard InChI is InChI=1S/C9H10FN3/c10-7-4-2-1-3-6(7)8-5-12-9(11)13-8/h1-4,8H,5H2,(H3,11,12,13). The van der Waals surface area contributed by atoms with E-state index in [0.29, 0.717) is 18.1 Å². The fraction of sp³-hybridized carbons (Fsp3) is 0.222. The quantitative estimate of drug-likeness (QED) is 0.669. The van der Waals surface area contributed by atoms with E-state index in [1.165, 1.54) is 6.07 Å². The molecule has 1 aliphatic heterocycles. The Morgan fingerprint density at radius 3 is 2.85 bits per heavy atom. The van der Waals surface area contributed by atoms with Crippen LogP contribution in [0.4, 0.5) is 4.39 Å². The molecule has 1 heterocycles.